The number of nitrogens with zero attached hydrogens (tertiary/aromatic N) is 3. The van der Waals surface area contributed by atoms with E-state index in [1.54, 1.807) is 0 Å². The minimum absolute atomic E-state index is 0.633. The normalized spacial score (nSPS) is 15.3. The van der Waals surface area contributed by atoms with E-state index < -0.39 is 10.2 Å². The van der Waals surface area contributed by atoms with E-state index in [-0.39, 0.29) is 0 Å². The van der Waals surface area contributed by atoms with Gasteiger partial charge in [-0.3, -0.25) is 0 Å². The van der Waals surface area contributed by atoms with Crippen LogP contribution in [-0.2, 0) is 23.1 Å². The Morgan fingerprint density at radius 1 is 1.41 bits per heavy atom. The Morgan fingerprint density at radius 3 is 2.71 bits per heavy atom. The molecule has 2 rings (SSSR count). The summed E-state index contributed by atoms with van der Waals surface area (Å²) in [6, 6.07) is 0. The van der Waals surface area contributed by atoms with Gasteiger partial charge in [0.15, 0.2) is 0 Å². The quantitative estimate of drug-likeness (QED) is 0.852. The molecule has 1 N–H and O–H groups in total. The molecule has 0 saturated carbocycles. The second-order valence-electron chi connectivity index (χ2n) is 4.29. The number of aromatic nitrogens is 2. The average molecular weight is 258 g/mol. The van der Waals surface area contributed by atoms with Crippen molar-refractivity contribution in [3.8, 4) is 0 Å². The Kier molecular flexibility index (Phi) is 3.13. The van der Waals surface area contributed by atoms with Crippen molar-refractivity contribution in [3.63, 3.8) is 0 Å². The summed E-state index contributed by atoms with van der Waals surface area (Å²) in [6.45, 7) is 2.63. The molecule has 0 spiro atoms. The van der Waals surface area contributed by atoms with Gasteiger partial charge in [0.1, 0.15) is 5.82 Å². The molecular weight excluding hydrogens is 240 g/mol. The standard InChI is InChI=1S/C10H18N4O2S/c1-4-11-10-8-6-5-7-9(8)12-14(10)17(15,16)13(2)3/h11H,4-7H2,1-3H3. The van der Waals surface area contributed by atoms with Crippen LogP contribution >= 0.6 is 0 Å². The van der Waals surface area contributed by atoms with Crippen LogP contribution in [0.5, 0.6) is 0 Å². The van der Waals surface area contributed by atoms with Crippen LogP contribution in [0.4, 0.5) is 5.82 Å². The third-order valence-electron chi connectivity index (χ3n) is 2.90. The molecule has 0 aromatic carbocycles. The summed E-state index contributed by atoms with van der Waals surface area (Å²) < 4.78 is 26.5. The first-order valence-electron chi connectivity index (χ1n) is 5.76. The molecule has 96 valence electrons. The first kappa shape index (κ1) is 12.4. The Bertz CT molecular complexity index is 519. The fourth-order valence-electron chi connectivity index (χ4n) is 2.03. The van der Waals surface area contributed by atoms with Crippen molar-refractivity contribution in [1.29, 1.82) is 0 Å². The fraction of sp³-hybridized carbons (Fsp3) is 0.700. The number of aryl methyl sites for hydroxylation is 1. The zero-order valence-corrected chi connectivity index (χ0v) is 11.2. The molecule has 6 nitrogen and oxygen atoms in total. The first-order valence-corrected chi connectivity index (χ1v) is 7.15. The van der Waals surface area contributed by atoms with Gasteiger partial charge in [0, 0.05) is 26.2 Å². The van der Waals surface area contributed by atoms with Crippen molar-refractivity contribution >= 4 is 16.0 Å². The molecule has 1 aliphatic carbocycles. The highest BCUT2D eigenvalue weighted by molar-refractivity contribution is 7.87. The van der Waals surface area contributed by atoms with E-state index in [0.717, 1.165) is 34.6 Å². The third-order valence-corrected chi connectivity index (χ3v) is 4.53. The summed E-state index contributed by atoms with van der Waals surface area (Å²) in [7, 11) is -0.508. The number of nitrogens with one attached hydrogen (secondary N) is 1. The summed E-state index contributed by atoms with van der Waals surface area (Å²) in [5.74, 6) is 0.633. The van der Waals surface area contributed by atoms with Crippen LogP contribution in [0.25, 0.3) is 0 Å². The van der Waals surface area contributed by atoms with E-state index in [9.17, 15) is 8.42 Å². The summed E-state index contributed by atoms with van der Waals surface area (Å²) in [5, 5.41) is 7.34. The fourth-order valence-corrected chi connectivity index (χ4v) is 2.95. The van der Waals surface area contributed by atoms with Gasteiger partial charge in [-0.05, 0) is 26.2 Å². The first-order chi connectivity index (χ1) is 7.98. The Balaban J connectivity index is 2.55. The van der Waals surface area contributed by atoms with Crippen LogP contribution in [0.1, 0.15) is 24.6 Å². The molecule has 0 atom stereocenters. The van der Waals surface area contributed by atoms with Gasteiger partial charge in [0.2, 0.25) is 0 Å². The summed E-state index contributed by atoms with van der Waals surface area (Å²) in [5.41, 5.74) is 1.96. The van der Waals surface area contributed by atoms with Gasteiger partial charge in [0.05, 0.1) is 5.69 Å². The minimum atomic E-state index is -3.53. The lowest BCUT2D eigenvalue weighted by molar-refractivity contribution is 0.503. The summed E-state index contributed by atoms with van der Waals surface area (Å²) in [6.07, 6.45) is 2.82. The van der Waals surface area contributed by atoms with Crippen LogP contribution in [0, 0.1) is 0 Å². The van der Waals surface area contributed by atoms with Crippen LogP contribution in [0.15, 0.2) is 0 Å². The lowest BCUT2D eigenvalue weighted by Gasteiger charge is -2.14. The van der Waals surface area contributed by atoms with Crippen molar-refractivity contribution in [3.05, 3.63) is 11.3 Å². The van der Waals surface area contributed by atoms with E-state index in [1.165, 1.54) is 18.4 Å². The summed E-state index contributed by atoms with van der Waals surface area (Å²) >= 11 is 0. The predicted octanol–water partition coefficient (Wildman–Crippen LogP) is 0.458. The van der Waals surface area contributed by atoms with Crippen molar-refractivity contribution < 1.29 is 8.42 Å². The molecule has 0 aliphatic heterocycles. The maximum absolute atomic E-state index is 12.1. The highest BCUT2D eigenvalue weighted by atomic mass is 32.2. The third kappa shape index (κ3) is 1.93. The number of hydrogen-bond donors (Lipinski definition) is 1. The lowest BCUT2D eigenvalue weighted by Crippen LogP contribution is -2.31. The minimum Gasteiger partial charge on any atom is -0.369 e. The molecule has 0 unspecified atom stereocenters. The van der Waals surface area contributed by atoms with E-state index in [1.807, 2.05) is 6.92 Å². The van der Waals surface area contributed by atoms with Crippen LogP contribution in [-0.4, -0.2) is 42.5 Å². The topological polar surface area (TPSA) is 67.2 Å². The van der Waals surface area contributed by atoms with E-state index in [4.69, 9.17) is 0 Å². The maximum atomic E-state index is 12.1. The Hall–Kier alpha value is -1.08. The smallest absolute Gasteiger partial charge is 0.324 e. The SMILES string of the molecule is CCNc1c2c(nn1S(=O)(=O)N(C)C)CCC2. The van der Waals surface area contributed by atoms with Crippen molar-refractivity contribution in [2.45, 2.75) is 26.2 Å². The van der Waals surface area contributed by atoms with Crippen LogP contribution in [0.2, 0.25) is 0 Å². The molecule has 0 amide bonds. The van der Waals surface area contributed by atoms with Gasteiger partial charge >= 0.3 is 10.2 Å². The van der Waals surface area contributed by atoms with Crippen molar-refractivity contribution in [2.75, 3.05) is 26.0 Å². The zero-order valence-electron chi connectivity index (χ0n) is 10.4. The molecule has 7 heteroatoms. The molecule has 0 radical (unpaired) electrons. The van der Waals surface area contributed by atoms with Gasteiger partial charge in [0.25, 0.3) is 0 Å². The monoisotopic (exact) mass is 258 g/mol. The highest BCUT2D eigenvalue weighted by Gasteiger charge is 2.28. The molecule has 1 aliphatic rings. The molecule has 0 saturated heterocycles. The lowest BCUT2D eigenvalue weighted by atomic mass is 10.2. The van der Waals surface area contributed by atoms with Gasteiger partial charge in [-0.1, -0.05) is 0 Å². The predicted molar refractivity (Wildman–Crippen MR) is 66.4 cm³/mol. The van der Waals surface area contributed by atoms with E-state index >= 15 is 0 Å². The highest BCUT2D eigenvalue weighted by Crippen LogP contribution is 2.29. The van der Waals surface area contributed by atoms with E-state index in [0.29, 0.717) is 12.4 Å². The van der Waals surface area contributed by atoms with Gasteiger partial charge in [-0.2, -0.15) is 17.8 Å². The molecule has 0 bridgehead atoms. The second kappa shape index (κ2) is 4.30. The molecule has 1 aromatic heterocycles. The van der Waals surface area contributed by atoms with E-state index in [2.05, 4.69) is 10.4 Å². The molecular formula is C10H18N4O2S. The van der Waals surface area contributed by atoms with Gasteiger partial charge in [-0.25, -0.2) is 0 Å². The van der Waals surface area contributed by atoms with Gasteiger partial charge in [-0.15, -0.1) is 4.09 Å². The van der Waals surface area contributed by atoms with Crippen LogP contribution < -0.4 is 5.32 Å². The number of rotatable bonds is 4. The number of hydrogen-bond acceptors (Lipinski definition) is 4. The maximum Gasteiger partial charge on any atom is 0.324 e. The molecule has 1 aromatic rings. The van der Waals surface area contributed by atoms with Crippen molar-refractivity contribution in [2.24, 2.45) is 0 Å². The molecule has 17 heavy (non-hydrogen) atoms. The van der Waals surface area contributed by atoms with Gasteiger partial charge < -0.3 is 5.32 Å². The zero-order chi connectivity index (χ0) is 12.6. The van der Waals surface area contributed by atoms with Crippen molar-refractivity contribution in [1.82, 2.24) is 13.5 Å². The average Bonchev–Trinajstić information content (AvgIpc) is 2.80. The largest absolute Gasteiger partial charge is 0.369 e. The summed E-state index contributed by atoms with van der Waals surface area (Å²) in [4.78, 5) is 0. The molecule has 1 heterocycles. The second-order valence-corrected chi connectivity index (χ2v) is 6.26. The number of anilines is 1. The Labute approximate surface area is 102 Å². The Morgan fingerprint density at radius 2 is 2.12 bits per heavy atom. The van der Waals surface area contributed by atoms with Crippen LogP contribution in [0.3, 0.4) is 0 Å². The number of fused-ring (bicyclic) bond motifs is 1. The molecule has 0 fully saturated rings.